The molecule has 0 saturated carbocycles. The standard InChI is InChI=1S/C15H12ClF2NO2/c16-9-10-3-1-4-11(7-10)14(20)19-12-5-2-6-13(8-12)21-15(17)18/h1-8,15H,9H2,(H,19,20). The van der Waals surface area contributed by atoms with E-state index >= 15 is 0 Å². The number of alkyl halides is 3. The van der Waals surface area contributed by atoms with E-state index in [0.29, 0.717) is 17.1 Å². The Bertz CT molecular complexity index is 635. The number of anilines is 1. The number of carbonyl (C=O) groups excluding carboxylic acids is 1. The Morgan fingerprint density at radius 2 is 1.95 bits per heavy atom. The number of halogens is 3. The van der Waals surface area contributed by atoms with Crippen molar-refractivity contribution in [2.75, 3.05) is 5.32 Å². The smallest absolute Gasteiger partial charge is 0.387 e. The summed E-state index contributed by atoms with van der Waals surface area (Å²) in [7, 11) is 0. The van der Waals surface area contributed by atoms with Crippen molar-refractivity contribution in [3.8, 4) is 5.75 Å². The zero-order valence-corrected chi connectivity index (χ0v) is 11.6. The van der Waals surface area contributed by atoms with Crippen molar-refractivity contribution in [2.24, 2.45) is 0 Å². The minimum absolute atomic E-state index is 0.0164. The predicted molar refractivity (Wildman–Crippen MR) is 77.0 cm³/mol. The molecule has 3 nitrogen and oxygen atoms in total. The third kappa shape index (κ3) is 4.43. The van der Waals surface area contributed by atoms with Crippen molar-refractivity contribution in [1.82, 2.24) is 0 Å². The van der Waals surface area contributed by atoms with Crippen LogP contribution in [-0.4, -0.2) is 12.5 Å². The lowest BCUT2D eigenvalue weighted by Gasteiger charge is -2.09. The number of carbonyl (C=O) groups is 1. The van der Waals surface area contributed by atoms with E-state index in [1.807, 2.05) is 0 Å². The van der Waals surface area contributed by atoms with Crippen molar-refractivity contribution in [3.63, 3.8) is 0 Å². The number of nitrogens with one attached hydrogen (secondary N) is 1. The van der Waals surface area contributed by atoms with Gasteiger partial charge in [0.05, 0.1) is 0 Å². The van der Waals surface area contributed by atoms with Crippen LogP contribution in [0.5, 0.6) is 5.75 Å². The van der Waals surface area contributed by atoms with E-state index < -0.39 is 6.61 Å². The molecule has 0 heterocycles. The molecule has 6 heteroatoms. The number of hydrogen-bond donors (Lipinski definition) is 1. The Hall–Kier alpha value is -2.14. The van der Waals surface area contributed by atoms with Crippen molar-refractivity contribution in [3.05, 3.63) is 59.7 Å². The topological polar surface area (TPSA) is 38.3 Å². The molecule has 1 amide bonds. The molecule has 1 N–H and O–H groups in total. The Morgan fingerprint density at radius 1 is 1.19 bits per heavy atom. The van der Waals surface area contributed by atoms with E-state index in [9.17, 15) is 13.6 Å². The van der Waals surface area contributed by atoms with Gasteiger partial charge >= 0.3 is 6.61 Å². The Labute approximate surface area is 125 Å². The zero-order valence-electron chi connectivity index (χ0n) is 10.9. The van der Waals surface area contributed by atoms with Gasteiger partial charge < -0.3 is 10.1 Å². The van der Waals surface area contributed by atoms with Crippen LogP contribution in [0.4, 0.5) is 14.5 Å². The molecule has 0 bridgehead atoms. The Morgan fingerprint density at radius 3 is 2.67 bits per heavy atom. The molecular formula is C15H12ClF2NO2. The molecule has 0 atom stereocenters. The minimum atomic E-state index is -2.91. The van der Waals surface area contributed by atoms with E-state index in [2.05, 4.69) is 10.1 Å². The first kappa shape index (κ1) is 15.3. The average molecular weight is 312 g/mol. The van der Waals surface area contributed by atoms with Gasteiger partial charge in [-0.2, -0.15) is 8.78 Å². The molecule has 0 radical (unpaired) electrons. The first-order valence-electron chi connectivity index (χ1n) is 6.09. The number of benzene rings is 2. The van der Waals surface area contributed by atoms with Crippen LogP contribution in [0.25, 0.3) is 0 Å². The van der Waals surface area contributed by atoms with Gasteiger partial charge in [-0.1, -0.05) is 18.2 Å². The van der Waals surface area contributed by atoms with Crippen molar-refractivity contribution < 1.29 is 18.3 Å². The summed E-state index contributed by atoms with van der Waals surface area (Å²) in [6.07, 6.45) is 0. The van der Waals surface area contributed by atoms with Crippen LogP contribution in [0.1, 0.15) is 15.9 Å². The zero-order chi connectivity index (χ0) is 15.2. The fraction of sp³-hybridized carbons (Fsp3) is 0.133. The second-order valence-electron chi connectivity index (χ2n) is 4.19. The number of amides is 1. The molecule has 0 saturated heterocycles. The van der Waals surface area contributed by atoms with Gasteiger partial charge in [0, 0.05) is 23.2 Å². The molecule has 0 aliphatic carbocycles. The normalized spacial score (nSPS) is 10.5. The van der Waals surface area contributed by atoms with Gasteiger partial charge in [-0.05, 0) is 29.8 Å². The molecule has 0 aliphatic heterocycles. The summed E-state index contributed by atoms with van der Waals surface area (Å²) in [5.74, 6) is -0.0628. The maximum Gasteiger partial charge on any atom is 0.387 e. The number of hydrogen-bond acceptors (Lipinski definition) is 2. The van der Waals surface area contributed by atoms with Crippen molar-refractivity contribution in [1.29, 1.82) is 0 Å². The maximum absolute atomic E-state index is 12.1. The van der Waals surface area contributed by atoms with Crippen LogP contribution in [0.15, 0.2) is 48.5 Å². The largest absolute Gasteiger partial charge is 0.435 e. The highest BCUT2D eigenvalue weighted by Crippen LogP contribution is 2.20. The minimum Gasteiger partial charge on any atom is -0.435 e. The monoisotopic (exact) mass is 311 g/mol. The summed E-state index contributed by atoms with van der Waals surface area (Å²) in [5.41, 5.74) is 1.63. The predicted octanol–water partition coefficient (Wildman–Crippen LogP) is 4.28. The van der Waals surface area contributed by atoms with Crippen LogP contribution < -0.4 is 10.1 Å². The first-order valence-corrected chi connectivity index (χ1v) is 6.63. The van der Waals surface area contributed by atoms with Gasteiger partial charge in [0.25, 0.3) is 5.91 Å². The van der Waals surface area contributed by atoms with Crippen molar-refractivity contribution in [2.45, 2.75) is 12.5 Å². The molecule has 2 aromatic carbocycles. The SMILES string of the molecule is O=C(Nc1cccc(OC(F)F)c1)c1cccc(CCl)c1. The molecule has 0 aromatic heterocycles. The van der Waals surface area contributed by atoms with Crippen LogP contribution in [0.3, 0.4) is 0 Å². The van der Waals surface area contributed by atoms with E-state index in [1.54, 1.807) is 30.3 Å². The summed E-state index contributed by atoms with van der Waals surface area (Å²) >= 11 is 5.71. The first-order chi connectivity index (χ1) is 10.1. The quantitative estimate of drug-likeness (QED) is 0.837. The molecule has 110 valence electrons. The maximum atomic E-state index is 12.1. The molecule has 2 rings (SSSR count). The van der Waals surface area contributed by atoms with E-state index in [-0.39, 0.29) is 11.7 Å². The van der Waals surface area contributed by atoms with Gasteiger partial charge in [0.1, 0.15) is 5.75 Å². The van der Waals surface area contributed by atoms with Crippen LogP contribution in [0.2, 0.25) is 0 Å². The van der Waals surface area contributed by atoms with E-state index in [4.69, 9.17) is 11.6 Å². The Balaban J connectivity index is 2.11. The van der Waals surface area contributed by atoms with Gasteiger partial charge in [-0.25, -0.2) is 0 Å². The molecular weight excluding hydrogens is 300 g/mol. The molecule has 0 fully saturated rings. The molecule has 0 unspecified atom stereocenters. The van der Waals surface area contributed by atoms with Gasteiger partial charge in [-0.3, -0.25) is 4.79 Å². The lowest BCUT2D eigenvalue weighted by atomic mass is 10.1. The highest BCUT2D eigenvalue weighted by Gasteiger charge is 2.09. The number of ether oxygens (including phenoxy) is 1. The van der Waals surface area contributed by atoms with E-state index in [0.717, 1.165) is 5.56 Å². The average Bonchev–Trinajstić information content (AvgIpc) is 2.47. The molecule has 0 aliphatic rings. The van der Waals surface area contributed by atoms with Crippen LogP contribution in [0, 0.1) is 0 Å². The Kier molecular flexibility index (Phi) is 5.11. The van der Waals surface area contributed by atoms with Crippen molar-refractivity contribution >= 4 is 23.2 Å². The second kappa shape index (κ2) is 7.04. The third-order valence-electron chi connectivity index (χ3n) is 2.66. The fourth-order valence-corrected chi connectivity index (χ4v) is 1.92. The van der Waals surface area contributed by atoms with Gasteiger partial charge in [0.15, 0.2) is 0 Å². The third-order valence-corrected chi connectivity index (χ3v) is 2.97. The van der Waals surface area contributed by atoms with Gasteiger partial charge in [0.2, 0.25) is 0 Å². The molecule has 21 heavy (non-hydrogen) atoms. The summed E-state index contributed by atoms with van der Waals surface area (Å²) in [5, 5.41) is 2.62. The van der Waals surface area contributed by atoms with Crippen LogP contribution in [-0.2, 0) is 5.88 Å². The highest BCUT2D eigenvalue weighted by molar-refractivity contribution is 6.17. The molecule has 2 aromatic rings. The summed E-state index contributed by atoms with van der Waals surface area (Å²) in [6, 6.07) is 12.7. The van der Waals surface area contributed by atoms with Gasteiger partial charge in [-0.15, -0.1) is 11.6 Å². The summed E-state index contributed by atoms with van der Waals surface area (Å²) in [4.78, 5) is 12.1. The highest BCUT2D eigenvalue weighted by atomic mass is 35.5. The lowest BCUT2D eigenvalue weighted by molar-refractivity contribution is -0.0497. The van der Waals surface area contributed by atoms with Crippen LogP contribution >= 0.6 is 11.6 Å². The number of rotatable bonds is 5. The fourth-order valence-electron chi connectivity index (χ4n) is 1.75. The lowest BCUT2D eigenvalue weighted by Crippen LogP contribution is -2.12. The van der Waals surface area contributed by atoms with E-state index in [1.165, 1.54) is 18.2 Å². The molecule has 0 spiro atoms. The summed E-state index contributed by atoms with van der Waals surface area (Å²) < 4.78 is 28.6. The second-order valence-corrected chi connectivity index (χ2v) is 4.46. The summed E-state index contributed by atoms with van der Waals surface area (Å²) in [6.45, 7) is -2.91.